The Balaban J connectivity index is 1.92. The van der Waals surface area contributed by atoms with Crippen LogP contribution in [0.2, 0.25) is 0 Å². The lowest BCUT2D eigenvalue weighted by Gasteiger charge is -2.26. The van der Waals surface area contributed by atoms with E-state index < -0.39 is 38.7 Å². The van der Waals surface area contributed by atoms with E-state index >= 15 is 0 Å². The Labute approximate surface area is 226 Å². The largest absolute Gasteiger partial charge is 0.368 e. The number of nitrogens with one attached hydrogen (secondary N) is 2. The van der Waals surface area contributed by atoms with E-state index in [-0.39, 0.29) is 38.9 Å². The molecule has 1 fully saturated rings. The van der Waals surface area contributed by atoms with Gasteiger partial charge in [0.1, 0.15) is 21.9 Å². The SMILES string of the molecule is CNC(=O)c1c(N(C=O)c2cccc(S(=O)C3(C(N)=O)CC3)c2)c(C)c(=O)n(C)c1Nc1ccc(C)cc1F. The first kappa shape index (κ1) is 27.7. The van der Waals surface area contributed by atoms with Crippen LogP contribution in [0.25, 0.3) is 0 Å². The zero-order valence-corrected chi connectivity index (χ0v) is 22.6. The third-order valence-corrected chi connectivity index (χ3v) is 8.79. The predicted octanol–water partition coefficient (Wildman–Crippen LogP) is 2.66. The van der Waals surface area contributed by atoms with Gasteiger partial charge in [0, 0.05) is 30.2 Å². The Hall–Kier alpha value is -4.32. The maximum Gasteiger partial charge on any atom is 0.256 e. The van der Waals surface area contributed by atoms with Gasteiger partial charge < -0.3 is 16.4 Å². The average molecular weight is 554 g/mol. The number of aryl methyl sites for hydroxylation is 1. The van der Waals surface area contributed by atoms with Crippen LogP contribution in [0, 0.1) is 19.7 Å². The topological polar surface area (TPSA) is 144 Å². The van der Waals surface area contributed by atoms with Crippen LogP contribution in [0.1, 0.15) is 34.3 Å². The normalized spacial score (nSPS) is 14.3. The number of nitrogens with zero attached hydrogens (tertiary/aromatic N) is 2. The molecule has 0 bridgehead atoms. The molecule has 204 valence electrons. The lowest BCUT2D eigenvalue weighted by atomic mass is 10.1. The molecule has 2 aromatic carbocycles. The number of hydrogen-bond donors (Lipinski definition) is 3. The highest BCUT2D eigenvalue weighted by Crippen LogP contribution is 2.45. The summed E-state index contributed by atoms with van der Waals surface area (Å²) in [6.07, 6.45) is 1.19. The number of carbonyl (C=O) groups is 3. The van der Waals surface area contributed by atoms with Gasteiger partial charge in [-0.3, -0.25) is 32.9 Å². The van der Waals surface area contributed by atoms with Gasteiger partial charge in [-0.05, 0) is 62.6 Å². The highest BCUT2D eigenvalue weighted by atomic mass is 32.2. The number of carbonyl (C=O) groups excluding carboxylic acids is 3. The van der Waals surface area contributed by atoms with Gasteiger partial charge in [-0.25, -0.2) is 4.39 Å². The molecule has 1 heterocycles. The molecule has 1 atom stereocenters. The minimum atomic E-state index is -1.78. The fourth-order valence-corrected chi connectivity index (χ4v) is 5.95. The second-order valence-electron chi connectivity index (χ2n) is 9.35. The molecule has 0 radical (unpaired) electrons. The summed E-state index contributed by atoms with van der Waals surface area (Å²) in [6.45, 7) is 3.19. The van der Waals surface area contributed by atoms with E-state index in [1.54, 1.807) is 25.1 Å². The summed E-state index contributed by atoms with van der Waals surface area (Å²) in [7, 11) is 1.03. The summed E-state index contributed by atoms with van der Waals surface area (Å²) in [5, 5.41) is 5.36. The first-order valence-corrected chi connectivity index (χ1v) is 13.2. The van der Waals surface area contributed by atoms with Crippen molar-refractivity contribution in [1.29, 1.82) is 0 Å². The van der Waals surface area contributed by atoms with Gasteiger partial charge in [0.25, 0.3) is 11.5 Å². The monoisotopic (exact) mass is 553 g/mol. The molecule has 1 unspecified atom stereocenters. The third-order valence-electron chi connectivity index (χ3n) is 6.79. The second-order valence-corrected chi connectivity index (χ2v) is 11.1. The molecule has 1 saturated carbocycles. The number of halogens is 1. The molecular weight excluding hydrogens is 525 g/mol. The minimum Gasteiger partial charge on any atom is -0.368 e. The van der Waals surface area contributed by atoms with Crippen LogP contribution >= 0.6 is 0 Å². The lowest BCUT2D eigenvalue weighted by molar-refractivity contribution is -0.118. The van der Waals surface area contributed by atoms with Crippen LogP contribution in [-0.4, -0.2) is 38.8 Å². The third kappa shape index (κ3) is 4.83. The standard InChI is InChI=1S/C27H28FN5O5S/c1-15-8-9-20(19(28)12-15)31-23-21(24(35)30-3)22(16(2)25(36)32(23)4)33(14-34)17-6-5-7-18(13-17)39(38)27(10-11-27)26(29)37/h5-9,12-14,31H,10-11H2,1-4H3,(H2,29,37)(H,30,35). The number of aromatic nitrogens is 1. The molecule has 1 aliphatic carbocycles. The van der Waals surface area contributed by atoms with E-state index in [0.29, 0.717) is 24.8 Å². The van der Waals surface area contributed by atoms with Crippen molar-refractivity contribution in [2.45, 2.75) is 36.3 Å². The Morgan fingerprint density at radius 2 is 1.87 bits per heavy atom. The summed E-state index contributed by atoms with van der Waals surface area (Å²) in [4.78, 5) is 52.4. The average Bonchev–Trinajstić information content (AvgIpc) is 3.73. The summed E-state index contributed by atoms with van der Waals surface area (Å²) < 4.78 is 28.0. The number of primary amides is 1. The molecule has 1 aromatic heterocycles. The number of benzene rings is 2. The molecule has 10 nitrogen and oxygen atoms in total. The fourth-order valence-electron chi connectivity index (χ4n) is 4.41. The first-order valence-electron chi connectivity index (χ1n) is 12.0. The van der Waals surface area contributed by atoms with E-state index in [1.807, 2.05) is 0 Å². The second kappa shape index (κ2) is 10.4. The lowest BCUT2D eigenvalue weighted by Crippen LogP contribution is -2.34. The van der Waals surface area contributed by atoms with Crippen LogP contribution in [-0.2, 0) is 27.4 Å². The molecule has 12 heteroatoms. The molecule has 4 N–H and O–H groups in total. The quantitative estimate of drug-likeness (QED) is 0.348. The minimum absolute atomic E-state index is 0.0202. The van der Waals surface area contributed by atoms with Crippen LogP contribution in [0.4, 0.5) is 27.3 Å². The highest BCUT2D eigenvalue weighted by Gasteiger charge is 2.54. The maximum atomic E-state index is 14.8. The van der Waals surface area contributed by atoms with Crippen molar-refractivity contribution in [2.75, 3.05) is 17.3 Å². The van der Waals surface area contributed by atoms with Crippen molar-refractivity contribution < 1.29 is 23.0 Å². The molecule has 1 aliphatic rings. The van der Waals surface area contributed by atoms with E-state index in [0.717, 1.165) is 4.90 Å². The highest BCUT2D eigenvalue weighted by molar-refractivity contribution is 7.87. The zero-order chi connectivity index (χ0) is 28.6. The van der Waals surface area contributed by atoms with Crippen molar-refractivity contribution in [3.8, 4) is 0 Å². The maximum absolute atomic E-state index is 14.8. The van der Waals surface area contributed by atoms with E-state index in [4.69, 9.17) is 5.73 Å². The number of amides is 3. The predicted molar refractivity (Wildman–Crippen MR) is 146 cm³/mol. The van der Waals surface area contributed by atoms with Gasteiger partial charge in [0.15, 0.2) is 0 Å². The fraction of sp³-hybridized carbons (Fsp3) is 0.259. The number of nitrogens with two attached hydrogens (primary N) is 1. The van der Waals surface area contributed by atoms with Crippen molar-refractivity contribution in [2.24, 2.45) is 12.8 Å². The summed E-state index contributed by atoms with van der Waals surface area (Å²) >= 11 is 0. The van der Waals surface area contributed by atoms with Gasteiger partial charge in [-0.2, -0.15) is 0 Å². The molecule has 0 spiro atoms. The molecule has 3 aromatic rings. The van der Waals surface area contributed by atoms with Gasteiger partial charge in [-0.15, -0.1) is 0 Å². The first-order chi connectivity index (χ1) is 18.5. The van der Waals surface area contributed by atoms with Gasteiger partial charge in [0.05, 0.1) is 22.2 Å². The Bertz CT molecular complexity index is 1600. The molecule has 0 saturated heterocycles. The van der Waals surface area contributed by atoms with E-state index in [2.05, 4.69) is 10.6 Å². The summed E-state index contributed by atoms with van der Waals surface area (Å²) in [5.74, 6) is -1.95. The van der Waals surface area contributed by atoms with Gasteiger partial charge >= 0.3 is 0 Å². The number of anilines is 4. The molecule has 4 rings (SSSR count). The van der Waals surface area contributed by atoms with Crippen molar-refractivity contribution >= 4 is 51.9 Å². The summed E-state index contributed by atoms with van der Waals surface area (Å²) in [6, 6.07) is 10.5. The van der Waals surface area contributed by atoms with Crippen molar-refractivity contribution in [3.05, 3.63) is 75.3 Å². The van der Waals surface area contributed by atoms with Gasteiger partial charge in [-0.1, -0.05) is 12.1 Å². The van der Waals surface area contributed by atoms with E-state index in [1.165, 1.54) is 49.9 Å². The molecule has 39 heavy (non-hydrogen) atoms. The Kier molecular flexibility index (Phi) is 7.42. The molecule has 0 aliphatic heterocycles. The van der Waals surface area contributed by atoms with Crippen molar-refractivity contribution in [3.63, 3.8) is 0 Å². The van der Waals surface area contributed by atoms with Crippen LogP contribution in [0.15, 0.2) is 52.2 Å². The molecular formula is C27H28FN5O5S. The van der Waals surface area contributed by atoms with E-state index in [9.17, 15) is 27.8 Å². The summed E-state index contributed by atoms with van der Waals surface area (Å²) in [5.41, 5.74) is 5.79. The smallest absolute Gasteiger partial charge is 0.256 e. The van der Waals surface area contributed by atoms with Crippen LogP contribution in [0.5, 0.6) is 0 Å². The Morgan fingerprint density at radius 1 is 1.18 bits per heavy atom. The number of hydrogen-bond acceptors (Lipinski definition) is 6. The van der Waals surface area contributed by atoms with Gasteiger partial charge in [0.2, 0.25) is 12.3 Å². The zero-order valence-electron chi connectivity index (χ0n) is 21.8. The molecule has 3 amide bonds. The number of pyridine rings is 1. The van der Waals surface area contributed by atoms with Crippen LogP contribution in [0.3, 0.4) is 0 Å². The number of rotatable bonds is 9. The Morgan fingerprint density at radius 3 is 2.44 bits per heavy atom. The van der Waals surface area contributed by atoms with Crippen LogP contribution < -0.4 is 26.8 Å². The van der Waals surface area contributed by atoms with Crippen molar-refractivity contribution in [1.82, 2.24) is 9.88 Å².